The Bertz CT molecular complexity index is 846. The maximum absolute atomic E-state index is 12.6. The van der Waals surface area contributed by atoms with Crippen LogP contribution in [0.1, 0.15) is 30.9 Å². The smallest absolute Gasteiger partial charge is 0.165 e. The molecule has 1 aromatic carbocycles. The molecule has 1 aromatic heterocycles. The molecule has 0 N–H and O–H groups in total. The number of hydrogen-bond acceptors (Lipinski definition) is 3. The molecule has 4 rings (SSSR count). The number of ketones is 1. The molecular formula is C16H12BrCl2N3O. The number of halogens is 3. The van der Waals surface area contributed by atoms with Gasteiger partial charge in [-0.2, -0.15) is 5.10 Å². The molecule has 0 radical (unpaired) electrons. The fourth-order valence-electron chi connectivity index (χ4n) is 3.37. The van der Waals surface area contributed by atoms with Crippen LogP contribution in [-0.2, 0) is 4.79 Å². The molecule has 1 fully saturated rings. The summed E-state index contributed by atoms with van der Waals surface area (Å²) in [6.45, 7) is 0. The molecule has 118 valence electrons. The topological polar surface area (TPSA) is 47.2 Å². The molecule has 2 unspecified atom stereocenters. The molecule has 2 aromatic rings. The summed E-state index contributed by atoms with van der Waals surface area (Å²) in [5, 5.41) is 5.40. The van der Waals surface area contributed by atoms with Crippen LogP contribution in [0.3, 0.4) is 0 Å². The van der Waals surface area contributed by atoms with Gasteiger partial charge in [-0.1, -0.05) is 29.3 Å². The minimum absolute atomic E-state index is 0.211. The fraction of sp³-hybridized carbons (Fsp3) is 0.312. The quantitative estimate of drug-likeness (QED) is 0.661. The Balaban J connectivity index is 1.92. The number of aromatic nitrogens is 2. The summed E-state index contributed by atoms with van der Waals surface area (Å²) in [5.41, 5.74) is 1.86. The summed E-state index contributed by atoms with van der Waals surface area (Å²) in [7, 11) is 0. The average molecular weight is 413 g/mol. The zero-order valence-electron chi connectivity index (χ0n) is 12.0. The second-order valence-electron chi connectivity index (χ2n) is 5.78. The molecule has 0 saturated heterocycles. The highest BCUT2D eigenvalue weighted by Crippen LogP contribution is 2.43. The molecule has 2 heterocycles. The summed E-state index contributed by atoms with van der Waals surface area (Å²) < 4.78 is 2.63. The second-order valence-corrected chi connectivity index (χ2v) is 7.45. The first-order valence-corrected chi connectivity index (χ1v) is 8.89. The Hall–Kier alpha value is -1.17. The van der Waals surface area contributed by atoms with Crippen molar-refractivity contribution < 1.29 is 4.79 Å². The lowest BCUT2D eigenvalue weighted by Gasteiger charge is -2.35. The van der Waals surface area contributed by atoms with Gasteiger partial charge in [0.2, 0.25) is 0 Å². The molecule has 0 spiro atoms. The lowest BCUT2D eigenvalue weighted by Crippen LogP contribution is -2.39. The molecule has 1 aliphatic heterocycles. The highest BCUT2D eigenvalue weighted by atomic mass is 79.9. The van der Waals surface area contributed by atoms with E-state index in [2.05, 4.69) is 26.0 Å². The number of Topliss-reactive ketones (excluding diaryl/α,β-unsaturated/α-hetero) is 1. The van der Waals surface area contributed by atoms with E-state index >= 15 is 0 Å². The first-order chi connectivity index (χ1) is 11.1. The van der Waals surface area contributed by atoms with Gasteiger partial charge in [0, 0.05) is 12.1 Å². The van der Waals surface area contributed by atoms with Crippen molar-refractivity contribution in [1.29, 1.82) is 0 Å². The first kappa shape index (κ1) is 15.4. The SMILES string of the molecule is O=C1CCCC2=Nc3c(Br)cnn3C(c3ccc(Cl)c(Cl)c3)C12. The van der Waals surface area contributed by atoms with E-state index in [0.717, 1.165) is 34.4 Å². The maximum atomic E-state index is 12.6. The third-order valence-electron chi connectivity index (χ3n) is 4.40. The van der Waals surface area contributed by atoms with Crippen LogP contribution in [0.15, 0.2) is 33.9 Å². The van der Waals surface area contributed by atoms with E-state index in [1.807, 2.05) is 12.1 Å². The van der Waals surface area contributed by atoms with Gasteiger partial charge >= 0.3 is 0 Å². The number of carbonyl (C=O) groups is 1. The number of benzene rings is 1. The maximum Gasteiger partial charge on any atom is 0.165 e. The van der Waals surface area contributed by atoms with Crippen LogP contribution in [0.4, 0.5) is 5.82 Å². The Morgan fingerprint density at radius 2 is 2.04 bits per heavy atom. The van der Waals surface area contributed by atoms with Crippen molar-refractivity contribution in [3.05, 3.63) is 44.5 Å². The summed E-state index contributed by atoms with van der Waals surface area (Å²) in [6.07, 6.45) is 3.99. The number of carbonyl (C=O) groups excluding carboxylic acids is 1. The normalized spacial score (nSPS) is 23.3. The van der Waals surface area contributed by atoms with E-state index in [0.29, 0.717) is 16.5 Å². The van der Waals surface area contributed by atoms with Crippen LogP contribution >= 0.6 is 39.1 Å². The van der Waals surface area contributed by atoms with Crippen LogP contribution in [0.25, 0.3) is 0 Å². The molecule has 0 bridgehead atoms. The van der Waals surface area contributed by atoms with Crippen LogP contribution in [0, 0.1) is 5.92 Å². The minimum Gasteiger partial charge on any atom is -0.299 e. The van der Waals surface area contributed by atoms with E-state index in [1.54, 1.807) is 16.9 Å². The van der Waals surface area contributed by atoms with Gasteiger partial charge < -0.3 is 0 Å². The predicted octanol–water partition coefficient (Wildman–Crippen LogP) is 5.00. The van der Waals surface area contributed by atoms with Crippen LogP contribution < -0.4 is 0 Å². The fourth-order valence-corrected chi connectivity index (χ4v) is 4.04. The van der Waals surface area contributed by atoms with Crippen molar-refractivity contribution in [2.75, 3.05) is 0 Å². The molecular weight excluding hydrogens is 401 g/mol. The zero-order valence-corrected chi connectivity index (χ0v) is 15.1. The third-order valence-corrected chi connectivity index (χ3v) is 5.70. The van der Waals surface area contributed by atoms with Crippen molar-refractivity contribution in [3.63, 3.8) is 0 Å². The molecule has 23 heavy (non-hydrogen) atoms. The molecule has 0 amide bonds. The lowest BCUT2D eigenvalue weighted by atomic mass is 9.77. The molecule has 2 aliphatic rings. The van der Waals surface area contributed by atoms with Gasteiger partial charge in [0.05, 0.1) is 32.7 Å². The number of rotatable bonds is 1. The summed E-state index contributed by atoms with van der Waals surface area (Å²) in [5.74, 6) is 0.686. The van der Waals surface area contributed by atoms with Gasteiger partial charge in [0.1, 0.15) is 5.78 Å². The third kappa shape index (κ3) is 2.46. The van der Waals surface area contributed by atoms with Crippen molar-refractivity contribution in [2.45, 2.75) is 25.3 Å². The largest absolute Gasteiger partial charge is 0.299 e. The summed E-state index contributed by atoms with van der Waals surface area (Å²) in [6, 6.07) is 5.25. The Labute approximate surface area is 151 Å². The van der Waals surface area contributed by atoms with Gasteiger partial charge in [-0.05, 0) is 46.5 Å². The van der Waals surface area contributed by atoms with Crippen LogP contribution in [0.2, 0.25) is 10.0 Å². The van der Waals surface area contributed by atoms with Crippen LogP contribution in [-0.4, -0.2) is 21.3 Å². The van der Waals surface area contributed by atoms with Crippen molar-refractivity contribution in [1.82, 2.24) is 9.78 Å². The average Bonchev–Trinajstić information content (AvgIpc) is 2.90. The minimum atomic E-state index is -0.278. The van der Waals surface area contributed by atoms with E-state index in [1.165, 1.54) is 0 Å². The van der Waals surface area contributed by atoms with E-state index in [-0.39, 0.29) is 17.7 Å². The first-order valence-electron chi connectivity index (χ1n) is 7.34. The van der Waals surface area contributed by atoms with E-state index in [4.69, 9.17) is 23.2 Å². The molecule has 1 aliphatic carbocycles. The van der Waals surface area contributed by atoms with Gasteiger partial charge in [0.25, 0.3) is 0 Å². The van der Waals surface area contributed by atoms with Gasteiger partial charge in [-0.15, -0.1) is 0 Å². The number of hydrogen-bond donors (Lipinski definition) is 0. The summed E-state index contributed by atoms with van der Waals surface area (Å²) >= 11 is 15.7. The predicted molar refractivity (Wildman–Crippen MR) is 94.0 cm³/mol. The zero-order chi connectivity index (χ0) is 16.1. The Kier molecular flexibility index (Phi) is 3.82. The Morgan fingerprint density at radius 3 is 2.83 bits per heavy atom. The molecule has 4 nitrogen and oxygen atoms in total. The highest BCUT2D eigenvalue weighted by molar-refractivity contribution is 9.10. The standard InChI is InChI=1S/C16H12BrCl2N3O/c17-9-7-20-22-15(8-4-5-10(18)11(19)6-8)14-12(21-16(9)22)2-1-3-13(14)23/h4-7,14-15H,1-3H2. The van der Waals surface area contributed by atoms with Crippen molar-refractivity contribution in [2.24, 2.45) is 10.9 Å². The Morgan fingerprint density at radius 1 is 1.22 bits per heavy atom. The molecule has 7 heteroatoms. The second kappa shape index (κ2) is 5.72. The molecule has 2 atom stereocenters. The molecule has 1 saturated carbocycles. The lowest BCUT2D eigenvalue weighted by molar-refractivity contribution is -0.122. The van der Waals surface area contributed by atoms with Gasteiger partial charge in [-0.25, -0.2) is 9.67 Å². The van der Waals surface area contributed by atoms with Crippen molar-refractivity contribution in [3.8, 4) is 0 Å². The number of nitrogens with zero attached hydrogens (tertiary/aromatic N) is 3. The van der Waals surface area contributed by atoms with Gasteiger partial charge in [0.15, 0.2) is 5.82 Å². The summed E-state index contributed by atoms with van der Waals surface area (Å²) in [4.78, 5) is 17.3. The van der Waals surface area contributed by atoms with E-state index < -0.39 is 0 Å². The number of aliphatic imine (C=N–C) groups is 1. The van der Waals surface area contributed by atoms with Gasteiger partial charge in [-0.3, -0.25) is 4.79 Å². The van der Waals surface area contributed by atoms with E-state index in [9.17, 15) is 4.79 Å². The monoisotopic (exact) mass is 411 g/mol. The highest BCUT2D eigenvalue weighted by Gasteiger charge is 2.41. The number of fused-ring (bicyclic) bond motifs is 2. The van der Waals surface area contributed by atoms with Crippen molar-refractivity contribution >= 4 is 56.4 Å². The van der Waals surface area contributed by atoms with Crippen LogP contribution in [0.5, 0.6) is 0 Å².